The minimum absolute atomic E-state index is 0. The van der Waals surface area contributed by atoms with Gasteiger partial charge in [0.05, 0.1) is 5.69 Å². The average molecular weight is 491 g/mol. The summed E-state index contributed by atoms with van der Waals surface area (Å²) in [6, 6.07) is 2.11. The van der Waals surface area contributed by atoms with Crippen LogP contribution in [0, 0.1) is 19.3 Å². The van der Waals surface area contributed by atoms with E-state index in [0.717, 1.165) is 50.7 Å². The first-order valence-corrected chi connectivity index (χ1v) is 10.2. The fourth-order valence-corrected chi connectivity index (χ4v) is 3.95. The molecule has 1 saturated carbocycles. The number of hydrogen-bond acceptors (Lipinski definition) is 3. The van der Waals surface area contributed by atoms with Crippen LogP contribution in [0.15, 0.2) is 11.1 Å². The van der Waals surface area contributed by atoms with Crippen LogP contribution in [0.1, 0.15) is 63.3 Å². The summed E-state index contributed by atoms with van der Waals surface area (Å²) in [7, 11) is 0. The second-order valence-electron chi connectivity index (χ2n) is 7.66. The van der Waals surface area contributed by atoms with Crippen molar-refractivity contribution >= 4 is 29.9 Å². The number of rotatable bonds is 9. The topological polar surface area (TPSA) is 74.5 Å². The summed E-state index contributed by atoms with van der Waals surface area (Å²) >= 11 is 0. The van der Waals surface area contributed by atoms with Gasteiger partial charge in [-0.25, -0.2) is 0 Å². The lowest BCUT2D eigenvalue weighted by atomic mass is 9.72. The number of aliphatic imine (C=N–C) groups is 1. The fraction of sp³-hybridized carbons (Fsp3) is 0.800. The van der Waals surface area contributed by atoms with E-state index in [0.29, 0.717) is 0 Å². The first-order chi connectivity index (χ1) is 12.6. The molecule has 0 aromatic carbocycles. The lowest BCUT2D eigenvalue weighted by Gasteiger charge is -2.35. The van der Waals surface area contributed by atoms with Crippen LogP contribution in [-0.2, 0) is 6.54 Å². The number of halogens is 1. The molecule has 1 aliphatic rings. The van der Waals surface area contributed by atoms with E-state index in [1.54, 1.807) is 0 Å². The first-order valence-electron chi connectivity index (χ1n) is 10.2. The molecule has 0 atom stereocenters. The van der Waals surface area contributed by atoms with Crippen molar-refractivity contribution < 1.29 is 5.11 Å². The largest absolute Gasteiger partial charge is 0.396 e. The molecule has 0 aliphatic heterocycles. The van der Waals surface area contributed by atoms with Crippen molar-refractivity contribution in [3.63, 3.8) is 0 Å². The monoisotopic (exact) mass is 491 g/mol. The maximum Gasteiger partial charge on any atom is 0.191 e. The Morgan fingerprint density at radius 3 is 2.59 bits per heavy atom. The highest BCUT2D eigenvalue weighted by atomic mass is 127. The SMILES string of the molecule is CCNC(=NCC1(CCO)CCCCC1)NCCCn1nc(C)cc1C.I. The summed E-state index contributed by atoms with van der Waals surface area (Å²) in [5.74, 6) is 0.892. The van der Waals surface area contributed by atoms with Gasteiger partial charge < -0.3 is 15.7 Å². The third-order valence-corrected chi connectivity index (χ3v) is 5.42. The van der Waals surface area contributed by atoms with Gasteiger partial charge in [0.1, 0.15) is 0 Å². The second kappa shape index (κ2) is 12.6. The molecule has 0 unspecified atom stereocenters. The zero-order valence-electron chi connectivity index (χ0n) is 17.3. The molecule has 1 fully saturated rings. The van der Waals surface area contributed by atoms with Gasteiger partial charge in [-0.2, -0.15) is 5.10 Å². The Kier molecular flexibility index (Phi) is 11.3. The van der Waals surface area contributed by atoms with E-state index in [-0.39, 0.29) is 36.0 Å². The molecule has 0 saturated heterocycles. The number of guanidine groups is 1. The van der Waals surface area contributed by atoms with Gasteiger partial charge in [-0.3, -0.25) is 9.67 Å². The predicted molar refractivity (Wildman–Crippen MR) is 123 cm³/mol. The van der Waals surface area contributed by atoms with E-state index in [1.807, 2.05) is 6.92 Å². The Hall–Kier alpha value is -0.830. The Morgan fingerprint density at radius 2 is 2.00 bits per heavy atom. The molecule has 1 aromatic heterocycles. The molecule has 2 rings (SSSR count). The van der Waals surface area contributed by atoms with E-state index in [2.05, 4.69) is 40.3 Å². The molecule has 0 amide bonds. The summed E-state index contributed by atoms with van der Waals surface area (Å²) < 4.78 is 2.07. The minimum atomic E-state index is 0. The zero-order chi connectivity index (χ0) is 18.8. The Labute approximate surface area is 181 Å². The molecule has 1 aromatic rings. The third kappa shape index (κ3) is 7.97. The van der Waals surface area contributed by atoms with Gasteiger partial charge in [-0.1, -0.05) is 19.3 Å². The Balaban J connectivity index is 0.00000364. The molecule has 0 bridgehead atoms. The Bertz CT molecular complexity index is 561. The zero-order valence-corrected chi connectivity index (χ0v) is 19.6. The van der Waals surface area contributed by atoms with Crippen LogP contribution in [0.2, 0.25) is 0 Å². The minimum Gasteiger partial charge on any atom is -0.396 e. The molecule has 156 valence electrons. The summed E-state index contributed by atoms with van der Waals surface area (Å²) in [6.07, 6.45) is 8.11. The van der Waals surface area contributed by atoms with Gasteiger partial charge in [-0.15, -0.1) is 24.0 Å². The summed E-state index contributed by atoms with van der Waals surface area (Å²) in [5.41, 5.74) is 2.48. The van der Waals surface area contributed by atoms with Crippen LogP contribution in [0.3, 0.4) is 0 Å². The predicted octanol–water partition coefficient (Wildman–Crippen LogP) is 3.40. The van der Waals surface area contributed by atoms with E-state index in [1.165, 1.54) is 37.8 Å². The number of aromatic nitrogens is 2. The molecule has 6 nitrogen and oxygen atoms in total. The Morgan fingerprint density at radius 1 is 1.26 bits per heavy atom. The van der Waals surface area contributed by atoms with Crippen LogP contribution < -0.4 is 10.6 Å². The van der Waals surface area contributed by atoms with E-state index < -0.39 is 0 Å². The summed E-state index contributed by atoms with van der Waals surface area (Å²) in [4.78, 5) is 4.86. The quantitative estimate of drug-likeness (QED) is 0.214. The lowest BCUT2D eigenvalue weighted by Crippen LogP contribution is -2.39. The van der Waals surface area contributed by atoms with Crippen LogP contribution >= 0.6 is 24.0 Å². The van der Waals surface area contributed by atoms with Crippen molar-refractivity contribution in [2.24, 2.45) is 10.4 Å². The summed E-state index contributed by atoms with van der Waals surface area (Å²) in [6.45, 7) is 9.95. The van der Waals surface area contributed by atoms with Crippen molar-refractivity contribution in [1.29, 1.82) is 0 Å². The van der Waals surface area contributed by atoms with Gasteiger partial charge in [-0.05, 0) is 57.9 Å². The van der Waals surface area contributed by atoms with Gasteiger partial charge in [0.15, 0.2) is 5.96 Å². The first kappa shape index (κ1) is 24.2. The lowest BCUT2D eigenvalue weighted by molar-refractivity contribution is 0.137. The maximum absolute atomic E-state index is 9.47. The highest BCUT2D eigenvalue weighted by Crippen LogP contribution is 2.39. The molecule has 7 heteroatoms. The second-order valence-corrected chi connectivity index (χ2v) is 7.66. The van der Waals surface area contributed by atoms with Crippen LogP contribution in [0.25, 0.3) is 0 Å². The van der Waals surface area contributed by atoms with Crippen molar-refractivity contribution in [2.75, 3.05) is 26.2 Å². The highest BCUT2D eigenvalue weighted by Gasteiger charge is 2.31. The van der Waals surface area contributed by atoms with Gasteiger partial charge in [0.2, 0.25) is 0 Å². The number of aliphatic hydroxyl groups is 1. The van der Waals surface area contributed by atoms with E-state index in [9.17, 15) is 5.11 Å². The van der Waals surface area contributed by atoms with Crippen molar-refractivity contribution in [2.45, 2.75) is 72.3 Å². The highest BCUT2D eigenvalue weighted by molar-refractivity contribution is 14.0. The van der Waals surface area contributed by atoms with Gasteiger partial charge in [0, 0.05) is 38.5 Å². The van der Waals surface area contributed by atoms with E-state index >= 15 is 0 Å². The van der Waals surface area contributed by atoms with Gasteiger partial charge in [0.25, 0.3) is 0 Å². The van der Waals surface area contributed by atoms with Gasteiger partial charge >= 0.3 is 0 Å². The average Bonchev–Trinajstić information content (AvgIpc) is 2.95. The standard InChI is InChI=1S/C20H37N5O.HI/c1-4-21-19(22-12-8-13-25-18(3)15-17(2)24-25)23-16-20(11-14-26)9-6-5-7-10-20;/h15,26H,4-14,16H2,1-3H3,(H2,21,22,23);1H. The molecule has 1 aliphatic carbocycles. The number of hydrogen-bond donors (Lipinski definition) is 3. The molecule has 0 spiro atoms. The summed E-state index contributed by atoms with van der Waals surface area (Å²) in [5, 5.41) is 20.8. The number of nitrogens with one attached hydrogen (secondary N) is 2. The normalized spacial score (nSPS) is 16.7. The molecular weight excluding hydrogens is 453 g/mol. The fourth-order valence-electron chi connectivity index (χ4n) is 3.95. The molecule has 27 heavy (non-hydrogen) atoms. The molecular formula is C20H38IN5O. The molecule has 3 N–H and O–H groups in total. The number of nitrogens with zero attached hydrogens (tertiary/aromatic N) is 3. The number of aliphatic hydroxyl groups excluding tert-OH is 1. The van der Waals surface area contributed by atoms with Crippen LogP contribution in [0.4, 0.5) is 0 Å². The maximum atomic E-state index is 9.47. The van der Waals surface area contributed by atoms with Crippen molar-refractivity contribution in [3.8, 4) is 0 Å². The molecule has 0 radical (unpaired) electrons. The van der Waals surface area contributed by atoms with Crippen LogP contribution in [-0.4, -0.2) is 47.1 Å². The smallest absolute Gasteiger partial charge is 0.191 e. The van der Waals surface area contributed by atoms with E-state index in [4.69, 9.17) is 4.99 Å². The van der Waals surface area contributed by atoms with Crippen molar-refractivity contribution in [3.05, 3.63) is 17.5 Å². The van der Waals surface area contributed by atoms with Crippen molar-refractivity contribution in [1.82, 2.24) is 20.4 Å². The third-order valence-electron chi connectivity index (χ3n) is 5.42. The molecule has 1 heterocycles. The van der Waals surface area contributed by atoms with Crippen LogP contribution in [0.5, 0.6) is 0 Å². The number of aryl methyl sites for hydroxylation is 3.